The number of nitrogens with one attached hydrogen (secondary N) is 2. The molecule has 1 rings (SSSR count). The van der Waals surface area contributed by atoms with Crippen molar-refractivity contribution in [3.8, 4) is 0 Å². The number of alkyl carbamates (subject to hydrolysis) is 1. The van der Waals surface area contributed by atoms with E-state index in [1.54, 1.807) is 20.8 Å². The van der Waals surface area contributed by atoms with Crippen molar-refractivity contribution in [3.63, 3.8) is 0 Å². The van der Waals surface area contributed by atoms with Crippen LogP contribution in [-0.4, -0.2) is 42.3 Å². The highest BCUT2D eigenvalue weighted by Gasteiger charge is 2.29. The number of carbonyl (C=O) groups excluding carboxylic acids is 3. The van der Waals surface area contributed by atoms with Crippen molar-refractivity contribution in [1.29, 1.82) is 0 Å². The predicted molar refractivity (Wildman–Crippen MR) is 107 cm³/mol. The molecule has 2 amide bonds. The molecule has 1 aliphatic carbocycles. The molecule has 0 aromatic heterocycles. The Morgan fingerprint density at radius 3 is 1.93 bits per heavy atom. The second kappa shape index (κ2) is 14.3. The molecule has 1 saturated carbocycles. The van der Waals surface area contributed by atoms with Gasteiger partial charge in [-0.1, -0.05) is 41.0 Å². The van der Waals surface area contributed by atoms with Gasteiger partial charge in [0, 0.05) is 13.0 Å². The predicted octanol–water partition coefficient (Wildman–Crippen LogP) is 3.80. The summed E-state index contributed by atoms with van der Waals surface area (Å²) in [7, 11) is 0. The third kappa shape index (κ3) is 18.8. The fourth-order valence-electron chi connectivity index (χ4n) is 1.40. The van der Waals surface area contributed by atoms with Crippen LogP contribution in [-0.2, 0) is 19.1 Å². The standard InChI is InChI=1S/C13H22N2O5.C5H12.C2H6/c1-8(16)19-10(11(17)15-9-5-6-9)7-14-12(18)20-13(2,3)4;1-4-5(2)3;1-2/h9-10H,5-7H2,1-4H3,(H,14,18)(H,15,17);5H,4H2,1-3H3;1-2H3. The van der Waals surface area contributed by atoms with E-state index < -0.39 is 29.7 Å². The van der Waals surface area contributed by atoms with Crippen LogP contribution in [0.3, 0.4) is 0 Å². The number of hydrogen-bond acceptors (Lipinski definition) is 5. The molecule has 1 atom stereocenters. The fourth-order valence-corrected chi connectivity index (χ4v) is 1.40. The second-order valence-electron chi connectivity index (χ2n) is 7.57. The molecule has 1 fully saturated rings. The number of carbonyl (C=O) groups is 3. The number of amides is 2. The summed E-state index contributed by atoms with van der Waals surface area (Å²) in [5.41, 5.74) is -0.628. The average Bonchev–Trinajstić information content (AvgIpc) is 3.35. The van der Waals surface area contributed by atoms with Gasteiger partial charge in [0.1, 0.15) is 5.60 Å². The molecule has 0 spiro atoms. The minimum absolute atomic E-state index is 0.118. The zero-order valence-corrected chi connectivity index (χ0v) is 18.6. The van der Waals surface area contributed by atoms with Gasteiger partial charge in [-0.25, -0.2) is 4.79 Å². The smallest absolute Gasteiger partial charge is 0.407 e. The van der Waals surface area contributed by atoms with Gasteiger partial charge in [-0.2, -0.15) is 0 Å². The summed E-state index contributed by atoms with van der Waals surface area (Å²) >= 11 is 0. The first-order chi connectivity index (χ1) is 12.4. The molecule has 0 aromatic carbocycles. The van der Waals surface area contributed by atoms with Crippen molar-refractivity contribution in [2.24, 2.45) is 5.92 Å². The molecular formula is C20H40N2O5. The lowest BCUT2D eigenvalue weighted by Gasteiger charge is -2.21. The molecule has 0 aliphatic heterocycles. The Labute approximate surface area is 164 Å². The summed E-state index contributed by atoms with van der Waals surface area (Å²) in [6.07, 6.45) is 1.46. The lowest BCUT2D eigenvalue weighted by atomic mass is 10.2. The molecule has 0 radical (unpaired) electrons. The Balaban J connectivity index is 0. The summed E-state index contributed by atoms with van der Waals surface area (Å²) in [4.78, 5) is 34.3. The van der Waals surface area contributed by atoms with E-state index in [2.05, 4.69) is 31.4 Å². The Bertz CT molecular complexity index is 440. The van der Waals surface area contributed by atoms with E-state index in [0.717, 1.165) is 18.8 Å². The molecule has 1 aliphatic rings. The lowest BCUT2D eigenvalue weighted by Crippen LogP contribution is -2.46. The average molecular weight is 389 g/mol. The van der Waals surface area contributed by atoms with Crippen LogP contribution in [0.5, 0.6) is 0 Å². The Morgan fingerprint density at radius 2 is 1.59 bits per heavy atom. The van der Waals surface area contributed by atoms with Crippen LogP contribution in [0.2, 0.25) is 0 Å². The summed E-state index contributed by atoms with van der Waals surface area (Å²) in [6.45, 7) is 16.9. The van der Waals surface area contributed by atoms with Crippen LogP contribution in [0.1, 0.15) is 81.6 Å². The minimum Gasteiger partial charge on any atom is -0.451 e. The van der Waals surface area contributed by atoms with Gasteiger partial charge in [0.05, 0.1) is 6.54 Å². The van der Waals surface area contributed by atoms with E-state index in [1.165, 1.54) is 13.3 Å². The maximum Gasteiger partial charge on any atom is 0.407 e. The van der Waals surface area contributed by atoms with E-state index >= 15 is 0 Å². The Morgan fingerprint density at radius 1 is 1.11 bits per heavy atom. The highest BCUT2D eigenvalue weighted by atomic mass is 16.6. The summed E-state index contributed by atoms with van der Waals surface area (Å²) in [6, 6.07) is 0.155. The number of ether oxygens (including phenoxy) is 2. The zero-order chi connectivity index (χ0) is 21.6. The summed E-state index contributed by atoms with van der Waals surface area (Å²) in [5.74, 6) is -0.0966. The molecule has 7 nitrogen and oxygen atoms in total. The second-order valence-corrected chi connectivity index (χ2v) is 7.57. The Hall–Kier alpha value is -1.79. The summed E-state index contributed by atoms with van der Waals surface area (Å²) in [5, 5.41) is 5.14. The van der Waals surface area contributed by atoms with Gasteiger partial charge in [0.15, 0.2) is 6.10 Å². The minimum atomic E-state index is -1.04. The maximum absolute atomic E-state index is 11.8. The quantitative estimate of drug-likeness (QED) is 0.675. The van der Waals surface area contributed by atoms with Crippen LogP contribution >= 0.6 is 0 Å². The molecule has 7 heteroatoms. The highest BCUT2D eigenvalue weighted by molar-refractivity contribution is 5.84. The van der Waals surface area contributed by atoms with Crippen LogP contribution in [0.4, 0.5) is 4.79 Å². The van der Waals surface area contributed by atoms with Crippen LogP contribution in [0.15, 0.2) is 0 Å². The molecule has 0 saturated heterocycles. The molecule has 2 N–H and O–H groups in total. The van der Waals surface area contributed by atoms with E-state index in [0.29, 0.717) is 0 Å². The lowest BCUT2D eigenvalue weighted by molar-refractivity contribution is -0.153. The van der Waals surface area contributed by atoms with E-state index in [-0.39, 0.29) is 12.6 Å². The molecule has 160 valence electrons. The number of hydrogen-bond donors (Lipinski definition) is 2. The van der Waals surface area contributed by atoms with Crippen molar-refractivity contribution in [1.82, 2.24) is 10.6 Å². The zero-order valence-electron chi connectivity index (χ0n) is 18.6. The van der Waals surface area contributed by atoms with Gasteiger partial charge >= 0.3 is 12.1 Å². The van der Waals surface area contributed by atoms with Gasteiger partial charge in [-0.3, -0.25) is 9.59 Å². The first-order valence-corrected chi connectivity index (χ1v) is 9.89. The molecule has 0 aromatic rings. The van der Waals surface area contributed by atoms with Crippen molar-refractivity contribution < 1.29 is 23.9 Å². The molecule has 1 unspecified atom stereocenters. The summed E-state index contributed by atoms with van der Waals surface area (Å²) < 4.78 is 9.94. The van der Waals surface area contributed by atoms with Gasteiger partial charge in [-0.15, -0.1) is 0 Å². The first kappa shape index (κ1) is 27.4. The van der Waals surface area contributed by atoms with E-state index in [1.807, 2.05) is 13.8 Å². The van der Waals surface area contributed by atoms with Crippen LogP contribution in [0, 0.1) is 5.92 Å². The van der Waals surface area contributed by atoms with Gasteiger partial charge in [-0.05, 0) is 39.5 Å². The third-order valence-corrected chi connectivity index (χ3v) is 3.17. The monoisotopic (exact) mass is 388 g/mol. The normalized spacial score (nSPS) is 13.9. The van der Waals surface area contributed by atoms with Crippen LogP contribution < -0.4 is 10.6 Å². The first-order valence-electron chi connectivity index (χ1n) is 9.89. The SMILES string of the molecule is CC.CC(=O)OC(CNC(=O)OC(C)(C)C)C(=O)NC1CC1.CCC(C)C. The third-order valence-electron chi connectivity index (χ3n) is 3.17. The van der Waals surface area contributed by atoms with Gasteiger partial charge in [0.25, 0.3) is 5.91 Å². The molecule has 0 heterocycles. The van der Waals surface area contributed by atoms with Crippen LogP contribution in [0.25, 0.3) is 0 Å². The molecular weight excluding hydrogens is 348 g/mol. The highest BCUT2D eigenvalue weighted by Crippen LogP contribution is 2.18. The number of esters is 1. The maximum atomic E-state index is 11.8. The van der Waals surface area contributed by atoms with E-state index in [9.17, 15) is 14.4 Å². The largest absolute Gasteiger partial charge is 0.451 e. The van der Waals surface area contributed by atoms with Gasteiger partial charge < -0.3 is 20.1 Å². The van der Waals surface area contributed by atoms with Crippen molar-refractivity contribution in [3.05, 3.63) is 0 Å². The number of rotatable bonds is 6. The van der Waals surface area contributed by atoms with Crippen molar-refractivity contribution in [2.45, 2.75) is 99.3 Å². The molecule has 0 bridgehead atoms. The topological polar surface area (TPSA) is 93.7 Å². The Kier molecular flexibility index (Phi) is 14.5. The fraction of sp³-hybridized carbons (Fsp3) is 0.850. The van der Waals surface area contributed by atoms with Crippen molar-refractivity contribution >= 4 is 18.0 Å². The van der Waals surface area contributed by atoms with Gasteiger partial charge in [0.2, 0.25) is 0 Å². The van der Waals surface area contributed by atoms with E-state index in [4.69, 9.17) is 9.47 Å². The van der Waals surface area contributed by atoms with Crippen molar-refractivity contribution in [2.75, 3.05) is 6.54 Å². The molecule has 27 heavy (non-hydrogen) atoms.